The van der Waals surface area contributed by atoms with Crippen molar-refractivity contribution in [1.29, 1.82) is 0 Å². The Hall–Kier alpha value is -2.11. The molecule has 3 rings (SSSR count). The van der Waals surface area contributed by atoms with E-state index >= 15 is 0 Å². The first-order valence-corrected chi connectivity index (χ1v) is 8.90. The van der Waals surface area contributed by atoms with Crippen LogP contribution in [0.2, 0.25) is 0 Å². The molecule has 24 heavy (non-hydrogen) atoms. The lowest BCUT2D eigenvalue weighted by molar-refractivity contribution is -0.384. The number of nitrogens with zero attached hydrogens (tertiary/aromatic N) is 2. The highest BCUT2D eigenvalue weighted by molar-refractivity contribution is 6.00. The Morgan fingerprint density at radius 1 is 1.21 bits per heavy atom. The quantitative estimate of drug-likeness (QED) is 0.677. The van der Waals surface area contributed by atoms with Gasteiger partial charge in [-0.25, -0.2) is 0 Å². The second-order valence-corrected chi connectivity index (χ2v) is 6.99. The fraction of sp³-hybridized carbons (Fsp3) is 0.611. The number of hydrogen-bond donors (Lipinski definition) is 1. The second-order valence-electron chi connectivity index (χ2n) is 6.99. The van der Waals surface area contributed by atoms with Crippen LogP contribution in [0.25, 0.3) is 0 Å². The van der Waals surface area contributed by atoms with Gasteiger partial charge >= 0.3 is 0 Å². The van der Waals surface area contributed by atoms with E-state index in [9.17, 15) is 14.9 Å². The van der Waals surface area contributed by atoms with Crippen molar-refractivity contribution < 1.29 is 9.72 Å². The van der Waals surface area contributed by atoms with Gasteiger partial charge in [0.05, 0.1) is 16.2 Å². The average molecular weight is 331 g/mol. The third kappa shape index (κ3) is 3.52. The maximum absolute atomic E-state index is 12.9. The molecule has 130 valence electrons. The van der Waals surface area contributed by atoms with Gasteiger partial charge in [-0.3, -0.25) is 14.9 Å². The molecule has 1 saturated carbocycles. The van der Waals surface area contributed by atoms with Crippen molar-refractivity contribution in [2.45, 2.75) is 51.5 Å². The van der Waals surface area contributed by atoms with Crippen LogP contribution in [-0.4, -0.2) is 30.0 Å². The van der Waals surface area contributed by atoms with E-state index in [0.29, 0.717) is 11.5 Å². The number of nitro groups is 1. The zero-order valence-corrected chi connectivity index (χ0v) is 14.2. The summed E-state index contributed by atoms with van der Waals surface area (Å²) in [5, 5.41) is 14.2. The molecule has 1 aromatic rings. The fourth-order valence-electron chi connectivity index (χ4n) is 3.83. The van der Waals surface area contributed by atoms with Crippen LogP contribution in [0, 0.1) is 16.0 Å². The van der Waals surface area contributed by atoms with Crippen LogP contribution in [0.3, 0.4) is 0 Å². The summed E-state index contributed by atoms with van der Waals surface area (Å²) in [6, 6.07) is 4.81. The van der Waals surface area contributed by atoms with Crippen LogP contribution in [0.1, 0.15) is 55.8 Å². The molecule has 1 N–H and O–H groups in total. The molecule has 2 atom stereocenters. The molecule has 0 radical (unpaired) electrons. The van der Waals surface area contributed by atoms with Gasteiger partial charge < -0.3 is 10.2 Å². The normalized spacial score (nSPS) is 24.0. The number of amides is 1. The topological polar surface area (TPSA) is 75.5 Å². The van der Waals surface area contributed by atoms with Crippen LogP contribution >= 0.6 is 0 Å². The van der Waals surface area contributed by atoms with E-state index in [0.717, 1.165) is 50.9 Å². The molecule has 0 aromatic heterocycles. The number of anilines is 1. The van der Waals surface area contributed by atoms with Gasteiger partial charge in [0.15, 0.2) is 0 Å². The Labute approximate surface area is 142 Å². The van der Waals surface area contributed by atoms with Crippen LogP contribution in [0.5, 0.6) is 0 Å². The molecule has 0 bridgehead atoms. The van der Waals surface area contributed by atoms with E-state index in [1.807, 2.05) is 0 Å². The van der Waals surface area contributed by atoms with Gasteiger partial charge in [0.2, 0.25) is 0 Å². The summed E-state index contributed by atoms with van der Waals surface area (Å²) >= 11 is 0. The lowest BCUT2D eigenvalue weighted by Gasteiger charge is -2.30. The van der Waals surface area contributed by atoms with Crippen molar-refractivity contribution in [2.75, 3.05) is 18.0 Å². The number of nitrogens with one attached hydrogen (secondary N) is 1. The zero-order valence-electron chi connectivity index (χ0n) is 14.2. The SMILES string of the molecule is CC1CCCCC1NC(=O)c1cc([N+](=O)[O-])ccc1N1CCCC1. The molecule has 1 aromatic carbocycles. The molecule has 6 heteroatoms. The second kappa shape index (κ2) is 7.20. The highest BCUT2D eigenvalue weighted by Crippen LogP contribution is 2.29. The summed E-state index contributed by atoms with van der Waals surface area (Å²) in [6.45, 7) is 3.97. The number of carbonyl (C=O) groups is 1. The van der Waals surface area contributed by atoms with Crippen molar-refractivity contribution in [1.82, 2.24) is 5.32 Å². The van der Waals surface area contributed by atoms with Gasteiger partial charge in [0.1, 0.15) is 0 Å². The molecule has 1 amide bonds. The first-order chi connectivity index (χ1) is 11.6. The Kier molecular flexibility index (Phi) is 5.02. The van der Waals surface area contributed by atoms with Crippen LogP contribution in [0.4, 0.5) is 11.4 Å². The molecule has 1 saturated heterocycles. The summed E-state index contributed by atoms with van der Waals surface area (Å²) in [7, 11) is 0. The Balaban J connectivity index is 1.86. The minimum absolute atomic E-state index is 0.0280. The molecule has 1 aliphatic heterocycles. The lowest BCUT2D eigenvalue weighted by Crippen LogP contribution is -2.41. The van der Waals surface area contributed by atoms with E-state index in [4.69, 9.17) is 0 Å². The van der Waals surface area contributed by atoms with E-state index in [-0.39, 0.29) is 17.6 Å². The Bertz CT molecular complexity index is 626. The molecule has 2 fully saturated rings. The average Bonchev–Trinajstić information content (AvgIpc) is 3.10. The van der Waals surface area contributed by atoms with Gasteiger partial charge in [0, 0.05) is 31.3 Å². The van der Waals surface area contributed by atoms with Gasteiger partial charge in [-0.2, -0.15) is 0 Å². The largest absolute Gasteiger partial charge is 0.371 e. The third-order valence-electron chi connectivity index (χ3n) is 5.31. The van der Waals surface area contributed by atoms with E-state index in [2.05, 4.69) is 17.1 Å². The number of nitro benzene ring substituents is 1. The molecular formula is C18H25N3O3. The van der Waals surface area contributed by atoms with Crippen molar-refractivity contribution in [3.05, 3.63) is 33.9 Å². The number of hydrogen-bond acceptors (Lipinski definition) is 4. The first kappa shape index (κ1) is 16.7. The molecule has 1 aliphatic carbocycles. The zero-order chi connectivity index (χ0) is 17.1. The number of carbonyl (C=O) groups excluding carboxylic acids is 1. The summed E-state index contributed by atoms with van der Waals surface area (Å²) in [4.78, 5) is 25.7. The van der Waals surface area contributed by atoms with Crippen LogP contribution in [-0.2, 0) is 0 Å². The van der Waals surface area contributed by atoms with Crippen molar-refractivity contribution in [3.8, 4) is 0 Å². The lowest BCUT2D eigenvalue weighted by atomic mass is 9.86. The van der Waals surface area contributed by atoms with E-state index < -0.39 is 4.92 Å². The van der Waals surface area contributed by atoms with Crippen LogP contribution < -0.4 is 10.2 Å². The highest BCUT2D eigenvalue weighted by atomic mass is 16.6. The van der Waals surface area contributed by atoms with Gasteiger partial charge in [-0.15, -0.1) is 0 Å². The highest BCUT2D eigenvalue weighted by Gasteiger charge is 2.27. The van der Waals surface area contributed by atoms with Gasteiger partial charge in [-0.05, 0) is 37.7 Å². The standard InChI is InChI=1S/C18H25N3O3/c1-13-6-2-3-7-16(13)19-18(22)15-12-14(21(23)24)8-9-17(15)20-10-4-5-11-20/h8-9,12-13,16H,2-7,10-11H2,1H3,(H,19,22). The summed E-state index contributed by atoms with van der Waals surface area (Å²) in [6.07, 6.45) is 6.64. The Morgan fingerprint density at radius 3 is 2.58 bits per heavy atom. The Morgan fingerprint density at radius 2 is 1.92 bits per heavy atom. The molecule has 1 heterocycles. The summed E-state index contributed by atoms with van der Waals surface area (Å²) < 4.78 is 0. The smallest absolute Gasteiger partial charge is 0.270 e. The molecular weight excluding hydrogens is 306 g/mol. The number of non-ortho nitro benzene ring substituents is 1. The predicted molar refractivity (Wildman–Crippen MR) is 93.4 cm³/mol. The third-order valence-corrected chi connectivity index (χ3v) is 5.31. The fourth-order valence-corrected chi connectivity index (χ4v) is 3.83. The van der Waals surface area contributed by atoms with Gasteiger partial charge in [-0.1, -0.05) is 19.8 Å². The van der Waals surface area contributed by atoms with Crippen molar-refractivity contribution in [3.63, 3.8) is 0 Å². The van der Waals surface area contributed by atoms with E-state index in [1.165, 1.54) is 18.6 Å². The minimum Gasteiger partial charge on any atom is -0.371 e. The summed E-state index contributed by atoms with van der Waals surface area (Å²) in [5.41, 5.74) is 1.22. The number of rotatable bonds is 4. The first-order valence-electron chi connectivity index (χ1n) is 8.90. The summed E-state index contributed by atoms with van der Waals surface area (Å²) in [5.74, 6) is 0.274. The van der Waals surface area contributed by atoms with Crippen molar-refractivity contribution in [2.24, 2.45) is 5.92 Å². The maximum Gasteiger partial charge on any atom is 0.270 e. The minimum atomic E-state index is -0.437. The van der Waals surface area contributed by atoms with E-state index in [1.54, 1.807) is 6.07 Å². The monoisotopic (exact) mass is 331 g/mol. The van der Waals surface area contributed by atoms with Crippen LogP contribution in [0.15, 0.2) is 18.2 Å². The van der Waals surface area contributed by atoms with Gasteiger partial charge in [0.25, 0.3) is 11.6 Å². The van der Waals surface area contributed by atoms with Crippen molar-refractivity contribution >= 4 is 17.3 Å². The maximum atomic E-state index is 12.9. The molecule has 2 aliphatic rings. The molecule has 0 spiro atoms. The molecule has 6 nitrogen and oxygen atoms in total. The molecule has 2 unspecified atom stereocenters. The number of benzene rings is 1. The predicted octanol–water partition coefficient (Wildman–Crippen LogP) is 3.50.